The van der Waals surface area contributed by atoms with E-state index in [9.17, 15) is 4.39 Å². The topological polar surface area (TPSA) is 29.9 Å². The number of nitrogens with one attached hydrogen (secondary N) is 1. The molecule has 96 valence electrons. The van der Waals surface area contributed by atoms with Crippen molar-refractivity contribution in [2.45, 2.75) is 13.0 Å². The molecular formula is C13H15BrFN3. The zero-order valence-corrected chi connectivity index (χ0v) is 11.7. The Hall–Kier alpha value is -1.20. The molecule has 18 heavy (non-hydrogen) atoms. The molecule has 0 aliphatic carbocycles. The fraction of sp³-hybridized carbons (Fsp3) is 0.308. The van der Waals surface area contributed by atoms with Crippen LogP contribution in [0, 0.1) is 5.82 Å². The van der Waals surface area contributed by atoms with Crippen molar-refractivity contribution in [1.82, 2.24) is 15.1 Å². The monoisotopic (exact) mass is 311 g/mol. The van der Waals surface area contributed by atoms with Crippen LogP contribution in [0.5, 0.6) is 0 Å². The van der Waals surface area contributed by atoms with Crippen molar-refractivity contribution in [3.05, 3.63) is 52.0 Å². The van der Waals surface area contributed by atoms with Gasteiger partial charge in [0.05, 0.1) is 10.7 Å². The molecule has 0 unspecified atom stereocenters. The lowest BCUT2D eigenvalue weighted by atomic mass is 10.2. The van der Waals surface area contributed by atoms with Crippen molar-refractivity contribution in [2.75, 3.05) is 6.54 Å². The van der Waals surface area contributed by atoms with Crippen LogP contribution in [0.1, 0.15) is 11.1 Å². The van der Waals surface area contributed by atoms with Gasteiger partial charge in [0.25, 0.3) is 0 Å². The van der Waals surface area contributed by atoms with Gasteiger partial charge < -0.3 is 5.32 Å². The SMILES string of the molecule is Cn1cc(CCNCc2cccc(F)c2Br)cn1. The van der Waals surface area contributed by atoms with Crippen molar-refractivity contribution in [3.63, 3.8) is 0 Å². The molecule has 0 aliphatic rings. The molecule has 2 aromatic rings. The first kappa shape index (κ1) is 13.2. The second-order valence-corrected chi connectivity index (χ2v) is 4.95. The summed E-state index contributed by atoms with van der Waals surface area (Å²) in [7, 11) is 1.90. The number of benzene rings is 1. The third kappa shape index (κ3) is 3.40. The van der Waals surface area contributed by atoms with Gasteiger partial charge in [0, 0.05) is 19.8 Å². The normalized spacial score (nSPS) is 10.8. The number of rotatable bonds is 5. The summed E-state index contributed by atoms with van der Waals surface area (Å²) in [4.78, 5) is 0. The Morgan fingerprint density at radius 3 is 3.00 bits per heavy atom. The standard InChI is InChI=1S/C13H15BrFN3/c1-18-9-10(7-17-18)5-6-16-8-11-3-2-4-12(15)13(11)14/h2-4,7,9,16H,5-6,8H2,1H3. The summed E-state index contributed by atoms with van der Waals surface area (Å²) in [5.41, 5.74) is 2.13. The average molecular weight is 312 g/mol. The number of halogens is 2. The summed E-state index contributed by atoms with van der Waals surface area (Å²) < 4.78 is 15.6. The summed E-state index contributed by atoms with van der Waals surface area (Å²) in [6.45, 7) is 1.49. The Bertz CT molecular complexity index is 525. The van der Waals surface area contributed by atoms with Gasteiger partial charge in [-0.3, -0.25) is 4.68 Å². The van der Waals surface area contributed by atoms with Crippen LogP contribution in [0.4, 0.5) is 4.39 Å². The van der Waals surface area contributed by atoms with Gasteiger partial charge in [0.15, 0.2) is 0 Å². The summed E-state index contributed by atoms with van der Waals surface area (Å²) >= 11 is 3.25. The minimum atomic E-state index is -0.221. The molecule has 1 heterocycles. The lowest BCUT2D eigenvalue weighted by Crippen LogP contribution is -2.17. The van der Waals surface area contributed by atoms with Gasteiger partial charge in [-0.05, 0) is 46.1 Å². The second-order valence-electron chi connectivity index (χ2n) is 4.16. The highest BCUT2D eigenvalue weighted by Gasteiger charge is 2.04. The number of aromatic nitrogens is 2. The molecule has 0 atom stereocenters. The first-order chi connectivity index (χ1) is 8.66. The smallest absolute Gasteiger partial charge is 0.137 e. The van der Waals surface area contributed by atoms with Crippen molar-refractivity contribution < 1.29 is 4.39 Å². The van der Waals surface area contributed by atoms with Crippen molar-refractivity contribution in [3.8, 4) is 0 Å². The maximum absolute atomic E-state index is 13.3. The van der Waals surface area contributed by atoms with Crippen LogP contribution in [0.15, 0.2) is 35.1 Å². The maximum Gasteiger partial charge on any atom is 0.137 e. The molecule has 1 aromatic heterocycles. The molecule has 0 fully saturated rings. The minimum absolute atomic E-state index is 0.221. The fourth-order valence-electron chi connectivity index (χ4n) is 1.74. The molecule has 0 amide bonds. The molecule has 5 heteroatoms. The van der Waals surface area contributed by atoms with Gasteiger partial charge in [0.1, 0.15) is 5.82 Å². The van der Waals surface area contributed by atoms with E-state index in [0.717, 1.165) is 18.5 Å². The minimum Gasteiger partial charge on any atom is -0.312 e. The van der Waals surface area contributed by atoms with Crippen LogP contribution in [0.25, 0.3) is 0 Å². The van der Waals surface area contributed by atoms with E-state index in [1.54, 1.807) is 10.7 Å². The largest absolute Gasteiger partial charge is 0.312 e. The summed E-state index contributed by atoms with van der Waals surface area (Å²) in [5, 5.41) is 7.40. The van der Waals surface area contributed by atoms with E-state index in [1.165, 1.54) is 11.6 Å². The lowest BCUT2D eigenvalue weighted by molar-refractivity contribution is 0.612. The molecule has 0 aliphatic heterocycles. The zero-order chi connectivity index (χ0) is 13.0. The van der Waals surface area contributed by atoms with Crippen LogP contribution < -0.4 is 5.32 Å². The number of aryl methyl sites for hydroxylation is 1. The Labute approximate surface area is 114 Å². The predicted octanol–water partition coefficient (Wildman–Crippen LogP) is 2.65. The molecule has 0 saturated heterocycles. The maximum atomic E-state index is 13.3. The van der Waals surface area contributed by atoms with Crippen LogP contribution in [0.3, 0.4) is 0 Å². The molecule has 2 rings (SSSR count). The first-order valence-electron chi connectivity index (χ1n) is 5.78. The molecule has 0 radical (unpaired) electrons. The second kappa shape index (κ2) is 6.11. The average Bonchev–Trinajstić information content (AvgIpc) is 2.76. The van der Waals surface area contributed by atoms with Gasteiger partial charge in [0.2, 0.25) is 0 Å². The fourth-order valence-corrected chi connectivity index (χ4v) is 2.15. The summed E-state index contributed by atoms with van der Waals surface area (Å²) in [6, 6.07) is 5.08. The highest BCUT2D eigenvalue weighted by Crippen LogP contribution is 2.19. The van der Waals surface area contributed by atoms with Gasteiger partial charge in [-0.25, -0.2) is 4.39 Å². The molecular weight excluding hydrogens is 297 g/mol. The van der Waals surface area contributed by atoms with Gasteiger partial charge in [-0.1, -0.05) is 12.1 Å². The van der Waals surface area contributed by atoms with E-state index in [0.29, 0.717) is 11.0 Å². The van der Waals surface area contributed by atoms with E-state index in [4.69, 9.17) is 0 Å². The van der Waals surface area contributed by atoms with E-state index >= 15 is 0 Å². The molecule has 0 spiro atoms. The van der Waals surface area contributed by atoms with Gasteiger partial charge in [-0.2, -0.15) is 5.10 Å². The van der Waals surface area contributed by atoms with Gasteiger partial charge >= 0.3 is 0 Å². The van der Waals surface area contributed by atoms with Gasteiger partial charge in [-0.15, -0.1) is 0 Å². The lowest BCUT2D eigenvalue weighted by Gasteiger charge is -2.06. The Morgan fingerprint density at radius 2 is 2.28 bits per heavy atom. The highest BCUT2D eigenvalue weighted by molar-refractivity contribution is 9.10. The number of hydrogen-bond donors (Lipinski definition) is 1. The summed E-state index contributed by atoms with van der Waals surface area (Å²) in [6.07, 6.45) is 4.78. The summed E-state index contributed by atoms with van der Waals surface area (Å²) in [5.74, 6) is -0.221. The van der Waals surface area contributed by atoms with Crippen molar-refractivity contribution in [1.29, 1.82) is 0 Å². The van der Waals surface area contributed by atoms with E-state index < -0.39 is 0 Å². The van der Waals surface area contributed by atoms with E-state index in [-0.39, 0.29) is 5.82 Å². The molecule has 1 N–H and O–H groups in total. The molecule has 1 aromatic carbocycles. The first-order valence-corrected chi connectivity index (χ1v) is 6.57. The van der Waals surface area contributed by atoms with Crippen molar-refractivity contribution in [2.24, 2.45) is 7.05 Å². The molecule has 0 saturated carbocycles. The highest BCUT2D eigenvalue weighted by atomic mass is 79.9. The number of nitrogens with zero attached hydrogens (tertiary/aromatic N) is 2. The molecule has 3 nitrogen and oxygen atoms in total. The Kier molecular flexibility index (Phi) is 4.49. The van der Waals surface area contributed by atoms with Crippen LogP contribution in [0.2, 0.25) is 0 Å². The third-order valence-corrected chi connectivity index (χ3v) is 3.58. The van der Waals surface area contributed by atoms with E-state index in [2.05, 4.69) is 26.3 Å². The Morgan fingerprint density at radius 1 is 1.44 bits per heavy atom. The number of hydrogen-bond acceptors (Lipinski definition) is 2. The molecule has 0 bridgehead atoms. The predicted molar refractivity (Wildman–Crippen MR) is 72.7 cm³/mol. The third-order valence-electron chi connectivity index (χ3n) is 2.70. The van der Waals surface area contributed by atoms with Crippen molar-refractivity contribution >= 4 is 15.9 Å². The Balaban J connectivity index is 1.80. The van der Waals surface area contributed by atoms with Crippen LogP contribution in [-0.4, -0.2) is 16.3 Å². The van der Waals surface area contributed by atoms with Crippen LogP contribution >= 0.6 is 15.9 Å². The zero-order valence-electron chi connectivity index (χ0n) is 10.2. The van der Waals surface area contributed by atoms with Crippen LogP contribution in [-0.2, 0) is 20.0 Å². The van der Waals surface area contributed by atoms with E-state index in [1.807, 2.05) is 25.5 Å². The quantitative estimate of drug-likeness (QED) is 0.860.